The summed E-state index contributed by atoms with van der Waals surface area (Å²) in [6, 6.07) is -0.143. The van der Waals surface area contributed by atoms with Gasteiger partial charge in [0.1, 0.15) is 7.85 Å². The highest BCUT2D eigenvalue weighted by molar-refractivity contribution is 6.11. The summed E-state index contributed by atoms with van der Waals surface area (Å²) in [5, 5.41) is 17.4. The van der Waals surface area contributed by atoms with E-state index in [1.165, 1.54) is 0 Å². The summed E-state index contributed by atoms with van der Waals surface area (Å²) in [7, 11) is 1.74. The van der Waals surface area contributed by atoms with Crippen LogP contribution in [0.15, 0.2) is 0 Å². The van der Waals surface area contributed by atoms with Gasteiger partial charge in [-0.3, -0.25) is 0 Å². The van der Waals surface area contributed by atoms with Gasteiger partial charge < -0.3 is 14.9 Å². The van der Waals surface area contributed by atoms with Crippen LogP contribution in [0, 0.1) is 0 Å². The smallest absolute Gasteiger partial charge is 0.335 e. The van der Waals surface area contributed by atoms with Crippen LogP contribution < -0.4 is 0 Å². The number of carbonyl (C=O) groups is 1. The third-order valence-electron chi connectivity index (χ3n) is 1.55. The van der Waals surface area contributed by atoms with Gasteiger partial charge in [-0.05, 0) is 6.42 Å². The SMILES string of the molecule is BC1CC(O)C(C(=O)O)O1. The second-order valence-electron chi connectivity index (χ2n) is 2.51. The molecule has 0 saturated carbocycles. The first-order chi connectivity index (χ1) is 4.61. The lowest BCUT2D eigenvalue weighted by molar-refractivity contribution is -0.151. The second kappa shape index (κ2) is 2.60. The van der Waals surface area contributed by atoms with Crippen molar-refractivity contribution in [3.8, 4) is 0 Å². The number of aliphatic hydroxyl groups is 1. The van der Waals surface area contributed by atoms with Gasteiger partial charge in [-0.1, -0.05) is 0 Å². The van der Waals surface area contributed by atoms with Crippen molar-refractivity contribution < 1.29 is 19.7 Å². The minimum Gasteiger partial charge on any atom is -0.479 e. The number of carboxylic acid groups (broad SMARTS) is 1. The van der Waals surface area contributed by atoms with Crippen molar-refractivity contribution in [1.82, 2.24) is 0 Å². The maximum Gasteiger partial charge on any atom is 0.335 e. The van der Waals surface area contributed by atoms with Gasteiger partial charge in [0.05, 0.1) is 6.10 Å². The molecule has 10 heavy (non-hydrogen) atoms. The number of hydrogen-bond donors (Lipinski definition) is 2. The molecule has 1 aliphatic heterocycles. The average Bonchev–Trinajstić information content (AvgIpc) is 2.10. The number of rotatable bonds is 1. The van der Waals surface area contributed by atoms with Crippen molar-refractivity contribution in [2.75, 3.05) is 0 Å². The van der Waals surface area contributed by atoms with Crippen molar-refractivity contribution in [2.45, 2.75) is 24.6 Å². The lowest BCUT2D eigenvalue weighted by Crippen LogP contribution is -2.29. The fourth-order valence-electron chi connectivity index (χ4n) is 1.08. The molecule has 1 saturated heterocycles. The van der Waals surface area contributed by atoms with E-state index in [1.54, 1.807) is 7.85 Å². The minimum absolute atomic E-state index is 0.143. The number of aliphatic hydroxyl groups excluding tert-OH is 1. The van der Waals surface area contributed by atoms with E-state index in [-0.39, 0.29) is 6.00 Å². The van der Waals surface area contributed by atoms with Gasteiger partial charge >= 0.3 is 5.97 Å². The molecule has 1 heterocycles. The fourth-order valence-corrected chi connectivity index (χ4v) is 1.08. The van der Waals surface area contributed by atoms with Crippen molar-refractivity contribution in [1.29, 1.82) is 0 Å². The van der Waals surface area contributed by atoms with Gasteiger partial charge in [0.15, 0.2) is 6.10 Å². The van der Waals surface area contributed by atoms with Crippen molar-refractivity contribution in [3.05, 3.63) is 0 Å². The van der Waals surface area contributed by atoms with Gasteiger partial charge in [0, 0.05) is 6.00 Å². The Kier molecular flexibility index (Phi) is 1.96. The third-order valence-corrected chi connectivity index (χ3v) is 1.55. The van der Waals surface area contributed by atoms with E-state index in [9.17, 15) is 4.79 Å². The Balaban J connectivity index is 2.54. The van der Waals surface area contributed by atoms with E-state index in [1.807, 2.05) is 0 Å². The van der Waals surface area contributed by atoms with Gasteiger partial charge in [-0.2, -0.15) is 0 Å². The van der Waals surface area contributed by atoms with E-state index in [0.717, 1.165) is 0 Å². The minimum atomic E-state index is -1.09. The molecule has 0 aromatic rings. The molecule has 2 N–H and O–H groups in total. The van der Waals surface area contributed by atoms with Crippen LogP contribution in [0.1, 0.15) is 6.42 Å². The van der Waals surface area contributed by atoms with Crippen LogP contribution >= 0.6 is 0 Å². The maximum absolute atomic E-state index is 10.3. The van der Waals surface area contributed by atoms with Crippen LogP contribution in [0.5, 0.6) is 0 Å². The summed E-state index contributed by atoms with van der Waals surface area (Å²) >= 11 is 0. The molecule has 3 unspecified atom stereocenters. The van der Waals surface area contributed by atoms with Crippen LogP contribution in [0.4, 0.5) is 0 Å². The second-order valence-corrected chi connectivity index (χ2v) is 2.51. The van der Waals surface area contributed by atoms with Gasteiger partial charge in [-0.15, -0.1) is 0 Å². The molecule has 0 bridgehead atoms. The summed E-state index contributed by atoms with van der Waals surface area (Å²) in [4.78, 5) is 10.3. The predicted octanol–water partition coefficient (Wildman–Crippen LogP) is -1.82. The van der Waals surface area contributed by atoms with E-state index in [4.69, 9.17) is 14.9 Å². The Morgan fingerprint density at radius 2 is 2.30 bits per heavy atom. The molecule has 1 rings (SSSR count). The largest absolute Gasteiger partial charge is 0.479 e. The predicted molar refractivity (Wildman–Crippen MR) is 35.5 cm³/mol. The summed E-state index contributed by atoms with van der Waals surface area (Å²) in [5.74, 6) is -1.09. The molecule has 56 valence electrons. The molecule has 0 spiro atoms. The highest BCUT2D eigenvalue weighted by Gasteiger charge is 2.36. The molecular formula is C5H9BO4. The van der Waals surface area contributed by atoms with E-state index in [2.05, 4.69) is 0 Å². The van der Waals surface area contributed by atoms with Gasteiger partial charge in [-0.25, -0.2) is 4.79 Å². The Morgan fingerprint density at radius 3 is 2.50 bits per heavy atom. The number of carboxylic acids is 1. The van der Waals surface area contributed by atoms with Crippen LogP contribution in [0.25, 0.3) is 0 Å². The Bertz CT molecular complexity index is 149. The van der Waals surface area contributed by atoms with Gasteiger partial charge in [0.25, 0.3) is 0 Å². The molecular weight excluding hydrogens is 135 g/mol. The molecule has 0 radical (unpaired) electrons. The molecule has 0 aromatic carbocycles. The lowest BCUT2D eigenvalue weighted by Gasteiger charge is -2.06. The quantitative estimate of drug-likeness (QED) is 0.425. The molecule has 3 atom stereocenters. The van der Waals surface area contributed by atoms with E-state index >= 15 is 0 Å². The lowest BCUT2D eigenvalue weighted by atomic mass is 9.96. The molecule has 0 aliphatic carbocycles. The third kappa shape index (κ3) is 1.30. The highest BCUT2D eigenvalue weighted by Crippen LogP contribution is 2.17. The number of aliphatic carboxylic acids is 1. The van der Waals surface area contributed by atoms with Gasteiger partial charge in [0.2, 0.25) is 0 Å². The van der Waals surface area contributed by atoms with Crippen molar-refractivity contribution in [2.24, 2.45) is 0 Å². The Labute approximate surface area is 59.2 Å². The average molecular weight is 144 g/mol. The first kappa shape index (κ1) is 7.56. The summed E-state index contributed by atoms with van der Waals surface area (Å²) in [5.41, 5.74) is 0. The van der Waals surface area contributed by atoms with Crippen LogP contribution in [-0.2, 0) is 9.53 Å². The van der Waals surface area contributed by atoms with Crippen molar-refractivity contribution >= 4 is 13.8 Å². The van der Waals surface area contributed by atoms with E-state index in [0.29, 0.717) is 6.42 Å². The highest BCUT2D eigenvalue weighted by atomic mass is 16.5. The monoisotopic (exact) mass is 144 g/mol. The molecule has 5 heteroatoms. The zero-order chi connectivity index (χ0) is 7.72. The van der Waals surface area contributed by atoms with Crippen LogP contribution in [-0.4, -0.2) is 42.2 Å². The van der Waals surface area contributed by atoms with E-state index < -0.39 is 18.2 Å². The molecule has 0 amide bonds. The fraction of sp³-hybridized carbons (Fsp3) is 0.800. The normalized spacial score (nSPS) is 39.9. The number of hydrogen-bond acceptors (Lipinski definition) is 3. The summed E-state index contributed by atoms with van der Waals surface area (Å²) in [6.07, 6.45) is -1.45. The van der Waals surface area contributed by atoms with Crippen molar-refractivity contribution in [3.63, 3.8) is 0 Å². The first-order valence-electron chi connectivity index (χ1n) is 3.17. The molecule has 1 aliphatic rings. The number of ether oxygens (including phenoxy) is 1. The van der Waals surface area contributed by atoms with Crippen LogP contribution in [0.2, 0.25) is 0 Å². The maximum atomic E-state index is 10.3. The summed E-state index contributed by atoms with van der Waals surface area (Å²) in [6.45, 7) is 0. The zero-order valence-electron chi connectivity index (χ0n) is 5.65. The zero-order valence-corrected chi connectivity index (χ0v) is 5.65. The Hall–Kier alpha value is -0.545. The molecule has 0 aromatic heterocycles. The topological polar surface area (TPSA) is 66.8 Å². The molecule has 4 nitrogen and oxygen atoms in total. The standard InChI is InChI=1S/C5H9BO4/c6-3-1-2(7)4(10-3)5(8)9/h2-4,7H,1,6H2,(H,8,9). The first-order valence-corrected chi connectivity index (χ1v) is 3.17. The van der Waals surface area contributed by atoms with Crippen LogP contribution in [0.3, 0.4) is 0 Å². The summed E-state index contributed by atoms with van der Waals surface area (Å²) < 4.78 is 4.89. The molecule has 1 fully saturated rings. The Morgan fingerprint density at radius 1 is 1.70 bits per heavy atom.